The van der Waals surface area contributed by atoms with Gasteiger partial charge < -0.3 is 4.74 Å². The third-order valence-electron chi connectivity index (χ3n) is 2.84. The van der Waals surface area contributed by atoms with Crippen molar-refractivity contribution in [1.82, 2.24) is 19.7 Å². The summed E-state index contributed by atoms with van der Waals surface area (Å²) in [7, 11) is 1.59. The number of H-pyrrole nitrogens is 1. The molecule has 21 heavy (non-hydrogen) atoms. The lowest BCUT2D eigenvalue weighted by molar-refractivity contribution is 0.398. The molecule has 6 nitrogen and oxygen atoms in total. The molecule has 0 radical (unpaired) electrons. The van der Waals surface area contributed by atoms with Crippen molar-refractivity contribution < 1.29 is 4.74 Å². The van der Waals surface area contributed by atoms with Crippen LogP contribution >= 0.6 is 23.7 Å². The van der Waals surface area contributed by atoms with E-state index in [1.54, 1.807) is 24.6 Å². The molecule has 0 saturated carbocycles. The number of hydrogen-bond donors (Lipinski definition) is 1. The van der Waals surface area contributed by atoms with Gasteiger partial charge in [0.05, 0.1) is 13.7 Å². The summed E-state index contributed by atoms with van der Waals surface area (Å²) in [6, 6.07) is 7.82. The van der Waals surface area contributed by atoms with Crippen LogP contribution in [0.5, 0.6) is 5.88 Å². The monoisotopic (exact) mass is 324 g/mol. The van der Waals surface area contributed by atoms with E-state index in [4.69, 9.17) is 4.74 Å². The predicted molar refractivity (Wildman–Crippen MR) is 83.3 cm³/mol. The van der Waals surface area contributed by atoms with Gasteiger partial charge in [-0.05, 0) is 18.2 Å². The van der Waals surface area contributed by atoms with Gasteiger partial charge in [-0.15, -0.1) is 23.7 Å². The maximum Gasteiger partial charge on any atom is 0.343 e. The Kier molecular flexibility index (Phi) is 4.77. The largest absolute Gasteiger partial charge is 0.481 e. The Labute approximate surface area is 130 Å². The van der Waals surface area contributed by atoms with E-state index in [0.29, 0.717) is 12.4 Å². The van der Waals surface area contributed by atoms with Gasteiger partial charge in [-0.1, -0.05) is 0 Å². The quantitative estimate of drug-likeness (QED) is 0.798. The van der Waals surface area contributed by atoms with Gasteiger partial charge in [0.1, 0.15) is 6.33 Å². The number of nitrogens with one attached hydrogen (secondary N) is 1. The second-order valence-electron chi connectivity index (χ2n) is 4.14. The van der Waals surface area contributed by atoms with Crippen molar-refractivity contribution in [3.8, 4) is 16.3 Å². The number of hydrogen-bond acceptors (Lipinski definition) is 5. The molecule has 0 aliphatic rings. The molecule has 0 amide bonds. The second kappa shape index (κ2) is 6.55. The standard InChI is InChI=1S/C13H12N4O2S.ClH/c1-19-12-5-2-9(6-14-12)11-4-3-10(20-11)7-17-8-15-16-13(17)18;/h2-6,8H,7H2,1H3,(H,16,18);1H. The number of nitrogens with zero attached hydrogens (tertiary/aromatic N) is 3. The molecular formula is C13H13ClN4O2S. The SMILES string of the molecule is COc1ccc(-c2ccc(Cn3cn[nH]c3=O)s2)cn1.Cl. The fourth-order valence-electron chi connectivity index (χ4n) is 1.82. The Morgan fingerprint density at radius 3 is 2.81 bits per heavy atom. The highest BCUT2D eigenvalue weighted by molar-refractivity contribution is 7.15. The van der Waals surface area contributed by atoms with Crippen LogP contribution in [-0.2, 0) is 6.54 Å². The number of ether oxygens (including phenoxy) is 1. The number of methoxy groups -OCH3 is 1. The van der Waals surface area contributed by atoms with E-state index < -0.39 is 0 Å². The first-order valence-electron chi connectivity index (χ1n) is 5.95. The highest BCUT2D eigenvalue weighted by Gasteiger charge is 2.06. The highest BCUT2D eigenvalue weighted by atomic mass is 35.5. The van der Waals surface area contributed by atoms with Crippen LogP contribution in [0.1, 0.15) is 4.88 Å². The van der Waals surface area contributed by atoms with E-state index in [1.807, 2.05) is 24.3 Å². The highest BCUT2D eigenvalue weighted by Crippen LogP contribution is 2.28. The third-order valence-corrected chi connectivity index (χ3v) is 3.96. The molecule has 0 atom stereocenters. The summed E-state index contributed by atoms with van der Waals surface area (Å²) in [5.74, 6) is 0.593. The Bertz CT molecular complexity index is 763. The first kappa shape index (κ1) is 15.3. The molecule has 1 N–H and O–H groups in total. The van der Waals surface area contributed by atoms with Crippen molar-refractivity contribution in [1.29, 1.82) is 0 Å². The van der Waals surface area contributed by atoms with E-state index in [9.17, 15) is 4.79 Å². The predicted octanol–water partition coefficient (Wildman–Crippen LogP) is 2.17. The summed E-state index contributed by atoms with van der Waals surface area (Å²) >= 11 is 1.62. The molecule has 110 valence electrons. The zero-order valence-corrected chi connectivity index (χ0v) is 12.8. The Hall–Kier alpha value is -2.12. The molecule has 0 spiro atoms. The lowest BCUT2D eigenvalue weighted by Gasteiger charge is -2.00. The van der Waals surface area contributed by atoms with Crippen LogP contribution in [0.25, 0.3) is 10.4 Å². The zero-order chi connectivity index (χ0) is 13.9. The van der Waals surface area contributed by atoms with Gasteiger partial charge >= 0.3 is 5.69 Å². The lowest BCUT2D eigenvalue weighted by Crippen LogP contribution is -2.16. The van der Waals surface area contributed by atoms with E-state index in [1.165, 1.54) is 10.9 Å². The Morgan fingerprint density at radius 2 is 2.19 bits per heavy atom. The number of halogens is 1. The molecule has 0 unspecified atom stereocenters. The maximum absolute atomic E-state index is 11.4. The van der Waals surface area contributed by atoms with E-state index in [-0.39, 0.29) is 18.1 Å². The summed E-state index contributed by atoms with van der Waals surface area (Å²) in [6.07, 6.45) is 3.27. The van der Waals surface area contributed by atoms with Gasteiger partial charge in [0.15, 0.2) is 0 Å². The van der Waals surface area contributed by atoms with Gasteiger partial charge in [0.2, 0.25) is 5.88 Å². The van der Waals surface area contributed by atoms with Gasteiger partial charge in [-0.3, -0.25) is 4.57 Å². The van der Waals surface area contributed by atoms with Crippen molar-refractivity contribution in [2.45, 2.75) is 6.54 Å². The van der Waals surface area contributed by atoms with Crippen LogP contribution in [0.15, 0.2) is 41.6 Å². The van der Waals surface area contributed by atoms with Gasteiger partial charge in [0.25, 0.3) is 0 Å². The van der Waals surface area contributed by atoms with Crippen molar-refractivity contribution in [2.75, 3.05) is 7.11 Å². The van der Waals surface area contributed by atoms with Gasteiger partial charge in [-0.2, -0.15) is 5.10 Å². The summed E-state index contributed by atoms with van der Waals surface area (Å²) in [6.45, 7) is 0.517. The maximum atomic E-state index is 11.4. The summed E-state index contributed by atoms with van der Waals surface area (Å²) in [4.78, 5) is 17.8. The molecule has 0 fully saturated rings. The molecule has 3 rings (SSSR count). The number of aromatic amines is 1. The first-order chi connectivity index (χ1) is 9.76. The third kappa shape index (κ3) is 3.32. The molecular weight excluding hydrogens is 312 g/mol. The molecule has 0 aromatic carbocycles. The van der Waals surface area contributed by atoms with Crippen molar-refractivity contribution >= 4 is 23.7 Å². The van der Waals surface area contributed by atoms with Crippen molar-refractivity contribution in [2.24, 2.45) is 0 Å². The van der Waals surface area contributed by atoms with Crippen LogP contribution in [0.3, 0.4) is 0 Å². The summed E-state index contributed by atoms with van der Waals surface area (Å²) in [5.41, 5.74) is 0.827. The Balaban J connectivity index is 0.00000161. The van der Waals surface area contributed by atoms with E-state index in [0.717, 1.165) is 15.3 Å². The molecule has 0 aliphatic carbocycles. The molecule has 0 aliphatic heterocycles. The fourth-order valence-corrected chi connectivity index (χ4v) is 2.81. The second-order valence-corrected chi connectivity index (χ2v) is 5.31. The number of thiophene rings is 1. The van der Waals surface area contributed by atoms with Crippen LogP contribution in [-0.4, -0.2) is 26.9 Å². The smallest absolute Gasteiger partial charge is 0.343 e. The number of aromatic nitrogens is 4. The summed E-state index contributed by atoms with van der Waals surface area (Å²) < 4.78 is 6.57. The minimum Gasteiger partial charge on any atom is -0.481 e. The van der Waals surface area contributed by atoms with Crippen LogP contribution in [0.4, 0.5) is 0 Å². The van der Waals surface area contributed by atoms with E-state index in [2.05, 4.69) is 15.2 Å². The summed E-state index contributed by atoms with van der Waals surface area (Å²) in [5, 5.41) is 6.09. The van der Waals surface area contributed by atoms with Crippen molar-refractivity contribution in [3.63, 3.8) is 0 Å². The topological polar surface area (TPSA) is 72.8 Å². The molecule has 0 saturated heterocycles. The molecule has 3 aromatic heterocycles. The normalized spacial score (nSPS) is 10.1. The molecule has 0 bridgehead atoms. The zero-order valence-electron chi connectivity index (χ0n) is 11.1. The first-order valence-corrected chi connectivity index (χ1v) is 6.77. The Morgan fingerprint density at radius 1 is 1.33 bits per heavy atom. The van der Waals surface area contributed by atoms with E-state index >= 15 is 0 Å². The minimum atomic E-state index is -0.203. The van der Waals surface area contributed by atoms with Gasteiger partial charge in [0, 0.05) is 27.6 Å². The average Bonchev–Trinajstić information content (AvgIpc) is 3.10. The van der Waals surface area contributed by atoms with Crippen LogP contribution < -0.4 is 10.4 Å². The average molecular weight is 325 g/mol. The molecule has 3 aromatic rings. The molecule has 3 heterocycles. The van der Waals surface area contributed by atoms with Crippen LogP contribution in [0.2, 0.25) is 0 Å². The minimum absolute atomic E-state index is 0. The van der Waals surface area contributed by atoms with Crippen molar-refractivity contribution in [3.05, 3.63) is 52.2 Å². The van der Waals surface area contributed by atoms with Gasteiger partial charge in [-0.25, -0.2) is 14.9 Å². The number of rotatable bonds is 4. The molecule has 8 heteroatoms. The number of pyridine rings is 1. The lowest BCUT2D eigenvalue weighted by atomic mass is 10.2. The fraction of sp³-hybridized carbons (Fsp3) is 0.154. The van der Waals surface area contributed by atoms with Crippen LogP contribution in [0, 0.1) is 0 Å².